The van der Waals surface area contributed by atoms with Crippen LogP contribution in [0.1, 0.15) is 10.4 Å². The summed E-state index contributed by atoms with van der Waals surface area (Å²) in [5.74, 6) is 0.709. The van der Waals surface area contributed by atoms with E-state index in [2.05, 4.69) is 4.98 Å². The summed E-state index contributed by atoms with van der Waals surface area (Å²) < 4.78 is 4.83. The third-order valence-corrected chi connectivity index (χ3v) is 2.14. The van der Waals surface area contributed by atoms with E-state index in [1.54, 1.807) is 24.1 Å². The Hall–Kier alpha value is -1.46. The van der Waals surface area contributed by atoms with Crippen LogP contribution in [0.15, 0.2) is 18.3 Å². The van der Waals surface area contributed by atoms with E-state index in [-0.39, 0.29) is 6.61 Å². The minimum Gasteiger partial charge on any atom is -0.389 e. The van der Waals surface area contributed by atoms with E-state index >= 15 is 0 Å². The second-order valence-electron chi connectivity index (χ2n) is 3.56. The molecule has 1 aromatic heterocycles. The van der Waals surface area contributed by atoms with Gasteiger partial charge in [0.25, 0.3) is 0 Å². The molecule has 0 bridgehead atoms. The molecule has 0 aromatic carbocycles. The van der Waals surface area contributed by atoms with Gasteiger partial charge in [-0.15, -0.1) is 0 Å². The van der Waals surface area contributed by atoms with Crippen LogP contribution in [0.25, 0.3) is 0 Å². The summed E-state index contributed by atoms with van der Waals surface area (Å²) in [5, 5.41) is 9.53. The number of carbonyl (C=O) groups excluding carboxylic acids is 1. The van der Waals surface area contributed by atoms with Gasteiger partial charge in [-0.1, -0.05) is 0 Å². The quantitative estimate of drug-likeness (QED) is 0.706. The molecule has 0 spiro atoms. The molecule has 1 heterocycles. The van der Waals surface area contributed by atoms with Gasteiger partial charge in [0.2, 0.25) is 0 Å². The van der Waals surface area contributed by atoms with Gasteiger partial charge in [-0.3, -0.25) is 4.79 Å². The highest BCUT2D eigenvalue weighted by molar-refractivity contribution is 5.74. The number of anilines is 1. The normalized spacial score (nSPS) is 12.2. The number of nitrogens with zero attached hydrogens (tertiary/aromatic N) is 2. The Labute approximate surface area is 94.7 Å². The number of aromatic nitrogens is 1. The molecule has 5 nitrogen and oxygen atoms in total. The van der Waals surface area contributed by atoms with Crippen LogP contribution in [0.5, 0.6) is 0 Å². The SMILES string of the molecule is COCC(O)CN(C)c1ccc(C=O)cn1. The van der Waals surface area contributed by atoms with Crippen LogP contribution < -0.4 is 4.90 Å². The van der Waals surface area contributed by atoms with Crippen LogP contribution in [0.2, 0.25) is 0 Å². The Kier molecular flexibility index (Phi) is 4.88. The van der Waals surface area contributed by atoms with E-state index in [4.69, 9.17) is 4.74 Å². The second kappa shape index (κ2) is 6.19. The number of hydrogen-bond acceptors (Lipinski definition) is 5. The first-order chi connectivity index (χ1) is 7.67. The minimum atomic E-state index is -0.553. The molecule has 1 atom stereocenters. The first-order valence-corrected chi connectivity index (χ1v) is 4.96. The van der Waals surface area contributed by atoms with Gasteiger partial charge >= 0.3 is 0 Å². The fraction of sp³-hybridized carbons (Fsp3) is 0.455. The molecule has 0 saturated carbocycles. The lowest BCUT2D eigenvalue weighted by Crippen LogP contribution is -2.32. The lowest BCUT2D eigenvalue weighted by Gasteiger charge is -2.21. The van der Waals surface area contributed by atoms with Crippen LogP contribution in [-0.2, 0) is 4.74 Å². The number of pyridine rings is 1. The van der Waals surface area contributed by atoms with Crippen molar-refractivity contribution >= 4 is 12.1 Å². The van der Waals surface area contributed by atoms with Crippen molar-refractivity contribution in [1.82, 2.24) is 4.98 Å². The van der Waals surface area contributed by atoms with Crippen molar-refractivity contribution in [3.63, 3.8) is 0 Å². The molecule has 0 amide bonds. The Morgan fingerprint density at radius 2 is 2.38 bits per heavy atom. The maximum absolute atomic E-state index is 10.4. The van der Waals surface area contributed by atoms with Gasteiger partial charge in [-0.05, 0) is 12.1 Å². The molecule has 0 fully saturated rings. The first-order valence-electron chi connectivity index (χ1n) is 4.96. The number of methoxy groups -OCH3 is 1. The summed E-state index contributed by atoms with van der Waals surface area (Å²) in [4.78, 5) is 16.3. The molecule has 1 rings (SSSR count). The van der Waals surface area contributed by atoms with E-state index < -0.39 is 6.10 Å². The summed E-state index contributed by atoms with van der Waals surface area (Å²) >= 11 is 0. The van der Waals surface area contributed by atoms with Crippen LogP contribution in [0.3, 0.4) is 0 Å². The smallest absolute Gasteiger partial charge is 0.151 e. The molecule has 88 valence electrons. The third kappa shape index (κ3) is 3.60. The van der Waals surface area contributed by atoms with Crippen molar-refractivity contribution in [2.75, 3.05) is 32.2 Å². The molecule has 16 heavy (non-hydrogen) atoms. The van der Waals surface area contributed by atoms with E-state index in [9.17, 15) is 9.90 Å². The topological polar surface area (TPSA) is 62.7 Å². The number of rotatable bonds is 6. The predicted octanol–water partition coefficient (Wildman–Crippen LogP) is 0.338. The fourth-order valence-corrected chi connectivity index (χ4v) is 1.35. The highest BCUT2D eigenvalue weighted by Crippen LogP contribution is 2.09. The molecule has 5 heteroatoms. The summed E-state index contributed by atoms with van der Waals surface area (Å²) in [6, 6.07) is 3.43. The number of aliphatic hydroxyl groups is 1. The van der Waals surface area contributed by atoms with Crippen molar-refractivity contribution in [3.8, 4) is 0 Å². The zero-order chi connectivity index (χ0) is 12.0. The lowest BCUT2D eigenvalue weighted by atomic mass is 10.3. The van der Waals surface area contributed by atoms with Crippen LogP contribution in [-0.4, -0.2) is 49.8 Å². The second-order valence-corrected chi connectivity index (χ2v) is 3.56. The maximum Gasteiger partial charge on any atom is 0.151 e. The van der Waals surface area contributed by atoms with Crippen molar-refractivity contribution in [3.05, 3.63) is 23.9 Å². The predicted molar refractivity (Wildman–Crippen MR) is 60.8 cm³/mol. The van der Waals surface area contributed by atoms with E-state index in [1.807, 2.05) is 7.05 Å². The van der Waals surface area contributed by atoms with Crippen LogP contribution in [0, 0.1) is 0 Å². The molecule has 0 saturated heterocycles. The molecule has 0 aliphatic heterocycles. The maximum atomic E-state index is 10.4. The number of carbonyl (C=O) groups is 1. The minimum absolute atomic E-state index is 0.288. The Morgan fingerprint density at radius 3 is 2.88 bits per heavy atom. The largest absolute Gasteiger partial charge is 0.389 e. The van der Waals surface area contributed by atoms with Gasteiger partial charge in [0, 0.05) is 32.5 Å². The molecule has 1 aromatic rings. The molecule has 0 aliphatic carbocycles. The molecule has 0 aliphatic rings. The van der Waals surface area contributed by atoms with Gasteiger partial charge in [-0.2, -0.15) is 0 Å². The van der Waals surface area contributed by atoms with Gasteiger partial charge in [-0.25, -0.2) is 4.98 Å². The summed E-state index contributed by atoms with van der Waals surface area (Å²) in [5.41, 5.74) is 0.537. The van der Waals surface area contributed by atoms with Gasteiger partial charge in [0.15, 0.2) is 6.29 Å². The summed E-state index contributed by atoms with van der Waals surface area (Å²) in [7, 11) is 3.36. The van der Waals surface area contributed by atoms with Gasteiger partial charge in [0.05, 0.1) is 12.7 Å². The highest BCUT2D eigenvalue weighted by Gasteiger charge is 2.09. The lowest BCUT2D eigenvalue weighted by molar-refractivity contribution is 0.0694. The molecule has 0 radical (unpaired) electrons. The number of aldehydes is 1. The fourth-order valence-electron chi connectivity index (χ4n) is 1.35. The van der Waals surface area contributed by atoms with Crippen LogP contribution >= 0.6 is 0 Å². The molecular formula is C11H16N2O3. The monoisotopic (exact) mass is 224 g/mol. The molecular weight excluding hydrogens is 208 g/mol. The van der Waals surface area contributed by atoms with Crippen molar-refractivity contribution in [2.45, 2.75) is 6.10 Å². The van der Waals surface area contributed by atoms with E-state index in [0.717, 1.165) is 6.29 Å². The van der Waals surface area contributed by atoms with Crippen molar-refractivity contribution < 1.29 is 14.6 Å². The van der Waals surface area contributed by atoms with Gasteiger partial charge < -0.3 is 14.7 Å². The highest BCUT2D eigenvalue weighted by atomic mass is 16.5. The van der Waals surface area contributed by atoms with E-state index in [0.29, 0.717) is 17.9 Å². The Bertz CT molecular complexity index is 327. The zero-order valence-corrected chi connectivity index (χ0v) is 9.46. The summed E-state index contributed by atoms with van der Waals surface area (Å²) in [6.07, 6.45) is 1.69. The van der Waals surface area contributed by atoms with Gasteiger partial charge in [0.1, 0.15) is 5.82 Å². The standard InChI is InChI=1S/C11H16N2O3/c1-13(6-10(15)8-16-2)11-4-3-9(7-14)5-12-11/h3-5,7,10,15H,6,8H2,1-2H3. The molecule has 1 unspecified atom stereocenters. The zero-order valence-electron chi connectivity index (χ0n) is 9.46. The third-order valence-electron chi connectivity index (χ3n) is 2.14. The summed E-state index contributed by atoms with van der Waals surface area (Å²) in [6.45, 7) is 0.720. The number of aliphatic hydroxyl groups excluding tert-OH is 1. The Morgan fingerprint density at radius 1 is 1.62 bits per heavy atom. The number of ether oxygens (including phenoxy) is 1. The molecule has 1 N–H and O–H groups in total. The van der Waals surface area contributed by atoms with Crippen LogP contribution in [0.4, 0.5) is 5.82 Å². The van der Waals surface area contributed by atoms with E-state index in [1.165, 1.54) is 6.20 Å². The van der Waals surface area contributed by atoms with Crippen molar-refractivity contribution in [2.24, 2.45) is 0 Å². The van der Waals surface area contributed by atoms with Crippen molar-refractivity contribution in [1.29, 1.82) is 0 Å². The first kappa shape index (κ1) is 12.6. The number of hydrogen-bond donors (Lipinski definition) is 1. The number of likely N-dealkylation sites (N-methyl/N-ethyl adjacent to an activating group) is 1. The average molecular weight is 224 g/mol. The Balaban J connectivity index is 2.58. The average Bonchev–Trinajstić information content (AvgIpc) is 2.29.